The molecule has 4 nitrogen and oxygen atoms in total. The van der Waals surface area contributed by atoms with Gasteiger partial charge < -0.3 is 15.7 Å². The van der Waals surface area contributed by atoms with Gasteiger partial charge in [-0.2, -0.15) is 0 Å². The first-order valence-electron chi connectivity index (χ1n) is 5.44. The molecule has 0 aromatic heterocycles. The molecule has 2 unspecified atom stereocenters. The SMILES string of the molecule is CC(CCCCC(O)CCCN)ON. The minimum atomic E-state index is -0.187. The quantitative estimate of drug-likeness (QED) is 0.385. The van der Waals surface area contributed by atoms with E-state index in [9.17, 15) is 5.11 Å². The van der Waals surface area contributed by atoms with Crippen LogP contribution < -0.4 is 11.6 Å². The van der Waals surface area contributed by atoms with E-state index in [0.29, 0.717) is 6.54 Å². The fourth-order valence-electron chi connectivity index (χ4n) is 1.38. The van der Waals surface area contributed by atoms with Crippen molar-refractivity contribution < 1.29 is 9.94 Å². The van der Waals surface area contributed by atoms with Gasteiger partial charge in [-0.3, -0.25) is 0 Å². The Bertz CT molecular complexity index is 123. The molecular formula is C10H24N2O2. The number of aliphatic hydroxyl groups excluding tert-OH is 1. The minimum Gasteiger partial charge on any atom is -0.393 e. The molecule has 4 heteroatoms. The molecule has 0 fully saturated rings. The first-order chi connectivity index (χ1) is 6.70. The highest BCUT2D eigenvalue weighted by Gasteiger charge is 2.04. The fourth-order valence-corrected chi connectivity index (χ4v) is 1.38. The van der Waals surface area contributed by atoms with E-state index in [2.05, 4.69) is 4.84 Å². The third kappa shape index (κ3) is 8.44. The number of nitrogens with two attached hydrogens (primary N) is 2. The monoisotopic (exact) mass is 204 g/mol. The zero-order valence-corrected chi connectivity index (χ0v) is 9.11. The lowest BCUT2D eigenvalue weighted by Gasteiger charge is -2.11. The van der Waals surface area contributed by atoms with E-state index in [-0.39, 0.29) is 12.2 Å². The molecule has 0 aliphatic carbocycles. The molecule has 0 aliphatic rings. The summed E-state index contributed by atoms with van der Waals surface area (Å²) in [7, 11) is 0. The van der Waals surface area contributed by atoms with Crippen LogP contribution in [-0.4, -0.2) is 23.9 Å². The number of hydrogen-bond acceptors (Lipinski definition) is 4. The molecule has 0 saturated heterocycles. The summed E-state index contributed by atoms with van der Waals surface area (Å²) in [6.45, 7) is 2.61. The standard InChI is InChI=1S/C10H24N2O2/c1-9(14-12)5-2-3-6-10(13)7-4-8-11/h9-10,13H,2-8,11-12H2,1H3. The van der Waals surface area contributed by atoms with Gasteiger partial charge in [0.15, 0.2) is 0 Å². The number of hydrogen-bond donors (Lipinski definition) is 3. The maximum absolute atomic E-state index is 9.49. The Labute approximate surface area is 86.6 Å². The van der Waals surface area contributed by atoms with Crippen LogP contribution in [0.5, 0.6) is 0 Å². The summed E-state index contributed by atoms with van der Waals surface area (Å²) < 4.78 is 0. The highest BCUT2D eigenvalue weighted by molar-refractivity contribution is 4.58. The van der Waals surface area contributed by atoms with Gasteiger partial charge in [-0.25, -0.2) is 5.90 Å². The first-order valence-corrected chi connectivity index (χ1v) is 5.44. The van der Waals surface area contributed by atoms with Crippen molar-refractivity contribution in [2.45, 2.75) is 57.7 Å². The van der Waals surface area contributed by atoms with Gasteiger partial charge >= 0.3 is 0 Å². The van der Waals surface area contributed by atoms with Crippen molar-refractivity contribution >= 4 is 0 Å². The molecule has 0 aliphatic heterocycles. The summed E-state index contributed by atoms with van der Waals surface area (Å²) in [5.41, 5.74) is 5.35. The lowest BCUT2D eigenvalue weighted by atomic mass is 10.1. The van der Waals surface area contributed by atoms with E-state index in [1.165, 1.54) is 0 Å². The van der Waals surface area contributed by atoms with E-state index in [1.54, 1.807) is 0 Å². The Balaban J connectivity index is 3.18. The molecule has 86 valence electrons. The number of unbranched alkanes of at least 4 members (excludes halogenated alkanes) is 1. The molecular weight excluding hydrogens is 180 g/mol. The second-order valence-electron chi connectivity index (χ2n) is 3.82. The minimum absolute atomic E-state index is 0.121. The van der Waals surface area contributed by atoms with Crippen LogP contribution in [0.25, 0.3) is 0 Å². The van der Waals surface area contributed by atoms with Crippen LogP contribution >= 0.6 is 0 Å². The number of aliphatic hydroxyl groups is 1. The second kappa shape index (κ2) is 9.40. The van der Waals surface area contributed by atoms with Gasteiger partial charge in [0.05, 0.1) is 12.2 Å². The lowest BCUT2D eigenvalue weighted by molar-refractivity contribution is 0.0576. The summed E-state index contributed by atoms with van der Waals surface area (Å²) in [5, 5.41) is 9.49. The van der Waals surface area contributed by atoms with E-state index in [4.69, 9.17) is 11.6 Å². The normalized spacial score (nSPS) is 15.4. The van der Waals surface area contributed by atoms with Crippen LogP contribution in [0.4, 0.5) is 0 Å². The van der Waals surface area contributed by atoms with Crippen molar-refractivity contribution in [3.05, 3.63) is 0 Å². The third-order valence-electron chi connectivity index (χ3n) is 2.37. The molecule has 0 spiro atoms. The summed E-state index contributed by atoms with van der Waals surface area (Å²) in [4.78, 5) is 4.64. The molecule has 0 radical (unpaired) electrons. The Morgan fingerprint density at radius 3 is 2.29 bits per heavy atom. The van der Waals surface area contributed by atoms with Gasteiger partial charge in [0.25, 0.3) is 0 Å². The van der Waals surface area contributed by atoms with Crippen molar-refractivity contribution in [3.8, 4) is 0 Å². The average molecular weight is 204 g/mol. The van der Waals surface area contributed by atoms with Gasteiger partial charge in [-0.1, -0.05) is 12.8 Å². The van der Waals surface area contributed by atoms with Crippen LogP contribution in [0.1, 0.15) is 45.4 Å². The Morgan fingerprint density at radius 2 is 1.71 bits per heavy atom. The first kappa shape index (κ1) is 13.8. The van der Waals surface area contributed by atoms with Crippen LogP contribution in [-0.2, 0) is 4.84 Å². The third-order valence-corrected chi connectivity index (χ3v) is 2.37. The molecule has 0 aromatic rings. The molecule has 0 amide bonds. The molecule has 5 N–H and O–H groups in total. The van der Waals surface area contributed by atoms with Gasteiger partial charge in [0, 0.05) is 0 Å². The van der Waals surface area contributed by atoms with Crippen molar-refractivity contribution in [2.75, 3.05) is 6.54 Å². The summed E-state index contributed by atoms with van der Waals surface area (Å²) in [5.74, 6) is 5.02. The molecule has 2 atom stereocenters. The Hall–Kier alpha value is -0.160. The summed E-state index contributed by atoms with van der Waals surface area (Å²) in [6.07, 6.45) is 5.56. The van der Waals surface area contributed by atoms with Crippen LogP contribution in [0.3, 0.4) is 0 Å². The zero-order chi connectivity index (χ0) is 10.8. The predicted octanol–water partition coefficient (Wildman–Crippen LogP) is 0.925. The molecule has 0 aromatic carbocycles. The zero-order valence-electron chi connectivity index (χ0n) is 9.11. The van der Waals surface area contributed by atoms with E-state index >= 15 is 0 Å². The summed E-state index contributed by atoms with van der Waals surface area (Å²) >= 11 is 0. The van der Waals surface area contributed by atoms with Gasteiger partial charge in [0.2, 0.25) is 0 Å². The number of rotatable bonds is 9. The lowest BCUT2D eigenvalue weighted by Crippen LogP contribution is -2.13. The molecule has 0 saturated carbocycles. The van der Waals surface area contributed by atoms with E-state index in [1.807, 2.05) is 6.92 Å². The van der Waals surface area contributed by atoms with E-state index < -0.39 is 0 Å². The molecule has 0 rings (SSSR count). The molecule has 0 bridgehead atoms. The predicted molar refractivity (Wildman–Crippen MR) is 57.5 cm³/mol. The summed E-state index contributed by atoms with van der Waals surface area (Å²) in [6, 6.07) is 0. The van der Waals surface area contributed by atoms with Gasteiger partial charge in [-0.05, 0) is 39.2 Å². The average Bonchev–Trinajstić information content (AvgIpc) is 2.21. The van der Waals surface area contributed by atoms with Gasteiger partial charge in [0.1, 0.15) is 0 Å². The highest BCUT2D eigenvalue weighted by atomic mass is 16.6. The van der Waals surface area contributed by atoms with Crippen LogP contribution in [0.2, 0.25) is 0 Å². The van der Waals surface area contributed by atoms with Crippen molar-refractivity contribution in [1.82, 2.24) is 0 Å². The Kier molecular flexibility index (Phi) is 9.29. The van der Waals surface area contributed by atoms with Crippen LogP contribution in [0, 0.1) is 0 Å². The smallest absolute Gasteiger partial charge is 0.0759 e. The van der Waals surface area contributed by atoms with E-state index in [0.717, 1.165) is 38.5 Å². The topological polar surface area (TPSA) is 81.5 Å². The van der Waals surface area contributed by atoms with Crippen LogP contribution in [0.15, 0.2) is 0 Å². The fraction of sp³-hybridized carbons (Fsp3) is 1.00. The maximum Gasteiger partial charge on any atom is 0.0759 e. The highest BCUT2D eigenvalue weighted by Crippen LogP contribution is 2.09. The molecule has 14 heavy (non-hydrogen) atoms. The van der Waals surface area contributed by atoms with Crippen molar-refractivity contribution in [1.29, 1.82) is 0 Å². The largest absolute Gasteiger partial charge is 0.393 e. The van der Waals surface area contributed by atoms with Crippen molar-refractivity contribution in [2.24, 2.45) is 11.6 Å². The maximum atomic E-state index is 9.49. The second-order valence-corrected chi connectivity index (χ2v) is 3.82. The van der Waals surface area contributed by atoms with Gasteiger partial charge in [-0.15, -0.1) is 0 Å². The molecule has 0 heterocycles. The Morgan fingerprint density at radius 1 is 1.14 bits per heavy atom. The van der Waals surface area contributed by atoms with Crippen molar-refractivity contribution in [3.63, 3.8) is 0 Å².